The third-order valence-electron chi connectivity index (χ3n) is 6.67. The van der Waals surface area contributed by atoms with Crippen molar-refractivity contribution in [1.29, 1.82) is 0 Å². The molecule has 11 nitrogen and oxygen atoms in total. The summed E-state index contributed by atoms with van der Waals surface area (Å²) in [4.78, 5) is 37.6. The van der Waals surface area contributed by atoms with Crippen molar-refractivity contribution in [3.63, 3.8) is 0 Å². The monoisotopic (exact) mass is 490 g/mol. The number of fused-ring (bicyclic) bond motifs is 1. The lowest BCUT2D eigenvalue weighted by Crippen LogP contribution is -2.38. The van der Waals surface area contributed by atoms with Crippen molar-refractivity contribution in [3.05, 3.63) is 43.1 Å². The molecule has 2 aromatic heterocycles. The maximum Gasteiger partial charge on any atom is 0.318 e. The van der Waals surface area contributed by atoms with Crippen molar-refractivity contribution >= 4 is 34.5 Å². The summed E-state index contributed by atoms with van der Waals surface area (Å²) in [6, 6.07) is 7.31. The zero-order valence-corrected chi connectivity index (χ0v) is 20.3. The van der Waals surface area contributed by atoms with E-state index >= 15 is 0 Å². The van der Waals surface area contributed by atoms with Gasteiger partial charge in [0, 0.05) is 44.5 Å². The fraction of sp³-hybridized carbons (Fsp3) is 0.400. The summed E-state index contributed by atoms with van der Waals surface area (Å²) in [5, 5.41) is 10.9. The molecule has 5 rings (SSSR count). The second-order valence-electron chi connectivity index (χ2n) is 8.84. The smallest absolute Gasteiger partial charge is 0.318 e. The number of piperidine rings is 1. The number of hydrogen-bond donors (Lipinski definition) is 2. The lowest BCUT2D eigenvalue weighted by Gasteiger charge is -2.31. The van der Waals surface area contributed by atoms with Gasteiger partial charge in [0.1, 0.15) is 5.82 Å². The first kappa shape index (κ1) is 23.7. The molecule has 0 saturated carbocycles. The molecule has 2 N–H and O–H groups in total. The van der Waals surface area contributed by atoms with Gasteiger partial charge in [0.2, 0.25) is 5.91 Å². The molecule has 0 unspecified atom stereocenters. The summed E-state index contributed by atoms with van der Waals surface area (Å²) >= 11 is 0. The fourth-order valence-corrected chi connectivity index (χ4v) is 4.68. The molecular formula is C25H30N8O3. The predicted molar refractivity (Wildman–Crippen MR) is 137 cm³/mol. The number of anilines is 2. The van der Waals surface area contributed by atoms with E-state index in [2.05, 4.69) is 22.1 Å². The summed E-state index contributed by atoms with van der Waals surface area (Å²) in [5.74, 6) is 1.40. The highest BCUT2D eigenvalue weighted by atomic mass is 16.5. The molecule has 1 aromatic carbocycles. The third kappa shape index (κ3) is 4.74. The van der Waals surface area contributed by atoms with Crippen LogP contribution in [0.25, 0.3) is 22.4 Å². The number of hydrogen-bond acceptors (Lipinski definition) is 7. The average Bonchev–Trinajstić information content (AvgIpc) is 3.37. The van der Waals surface area contributed by atoms with Crippen molar-refractivity contribution in [2.45, 2.75) is 18.9 Å². The van der Waals surface area contributed by atoms with Crippen LogP contribution in [0.15, 0.2) is 43.1 Å². The highest BCUT2D eigenvalue weighted by Crippen LogP contribution is 2.32. The third-order valence-corrected chi connectivity index (χ3v) is 6.67. The summed E-state index contributed by atoms with van der Waals surface area (Å²) < 4.78 is 7.54. The van der Waals surface area contributed by atoms with Crippen LogP contribution in [0.5, 0.6) is 0 Å². The lowest BCUT2D eigenvalue weighted by atomic mass is 10.1. The SMILES string of the molecule is C=CC(=O)N1CCC(n2ncc3c(N4CCOCC4)nc(-c4ccc(NC(=O)NC)cc4)nc32)CC1. The van der Waals surface area contributed by atoms with Crippen molar-refractivity contribution in [3.8, 4) is 11.4 Å². The van der Waals surface area contributed by atoms with Gasteiger partial charge in [-0.3, -0.25) is 4.79 Å². The average molecular weight is 491 g/mol. The number of carbonyl (C=O) groups excluding carboxylic acids is 2. The Balaban J connectivity index is 1.50. The molecule has 3 aromatic rings. The van der Waals surface area contributed by atoms with E-state index in [9.17, 15) is 9.59 Å². The van der Waals surface area contributed by atoms with Crippen molar-refractivity contribution in [2.75, 3.05) is 56.7 Å². The van der Waals surface area contributed by atoms with E-state index in [4.69, 9.17) is 19.8 Å². The number of carbonyl (C=O) groups is 2. The van der Waals surface area contributed by atoms with Crippen LogP contribution < -0.4 is 15.5 Å². The van der Waals surface area contributed by atoms with E-state index in [1.54, 1.807) is 7.05 Å². The van der Waals surface area contributed by atoms with E-state index in [-0.39, 0.29) is 18.0 Å². The van der Waals surface area contributed by atoms with Crippen LogP contribution in [-0.4, -0.2) is 83.0 Å². The molecule has 0 atom stereocenters. The lowest BCUT2D eigenvalue weighted by molar-refractivity contribution is -0.127. The zero-order valence-electron chi connectivity index (χ0n) is 20.3. The molecule has 36 heavy (non-hydrogen) atoms. The van der Waals surface area contributed by atoms with Crippen LogP contribution in [0.2, 0.25) is 0 Å². The number of ether oxygens (including phenoxy) is 1. The topological polar surface area (TPSA) is 118 Å². The Morgan fingerprint density at radius 2 is 1.81 bits per heavy atom. The number of benzene rings is 1. The van der Waals surface area contributed by atoms with Gasteiger partial charge in [-0.2, -0.15) is 5.10 Å². The highest BCUT2D eigenvalue weighted by molar-refractivity contribution is 5.90. The molecule has 11 heteroatoms. The van der Waals surface area contributed by atoms with Gasteiger partial charge in [-0.15, -0.1) is 0 Å². The molecule has 0 bridgehead atoms. The molecule has 2 fully saturated rings. The number of nitrogens with zero attached hydrogens (tertiary/aromatic N) is 6. The Labute approximate surface area is 209 Å². The van der Waals surface area contributed by atoms with Gasteiger partial charge in [0.25, 0.3) is 0 Å². The second kappa shape index (κ2) is 10.3. The summed E-state index contributed by atoms with van der Waals surface area (Å²) in [7, 11) is 1.57. The van der Waals surface area contributed by atoms with E-state index in [1.165, 1.54) is 6.08 Å². The molecule has 0 spiro atoms. The Morgan fingerprint density at radius 1 is 1.08 bits per heavy atom. The summed E-state index contributed by atoms with van der Waals surface area (Å²) in [5.41, 5.74) is 2.30. The highest BCUT2D eigenvalue weighted by Gasteiger charge is 2.27. The van der Waals surface area contributed by atoms with E-state index in [0.29, 0.717) is 37.8 Å². The van der Waals surface area contributed by atoms with E-state index in [0.717, 1.165) is 48.3 Å². The van der Waals surface area contributed by atoms with Crippen molar-refractivity contribution in [2.24, 2.45) is 0 Å². The molecule has 0 radical (unpaired) electrons. The van der Waals surface area contributed by atoms with Gasteiger partial charge in [-0.1, -0.05) is 6.58 Å². The summed E-state index contributed by atoms with van der Waals surface area (Å²) in [6.07, 6.45) is 4.81. The maximum atomic E-state index is 12.0. The molecular weight excluding hydrogens is 460 g/mol. The molecule has 2 aliphatic heterocycles. The fourth-order valence-electron chi connectivity index (χ4n) is 4.68. The normalized spacial score (nSPS) is 16.7. The van der Waals surface area contributed by atoms with Gasteiger partial charge in [-0.05, 0) is 43.2 Å². The maximum absolute atomic E-state index is 12.0. The number of nitrogens with one attached hydrogen (secondary N) is 2. The second-order valence-corrected chi connectivity index (χ2v) is 8.84. The standard InChI is InChI=1S/C25H30N8O3/c1-3-21(34)31-10-8-19(9-11-31)33-24-20(16-27-33)23(32-12-14-36-15-13-32)29-22(30-24)17-4-6-18(7-5-17)28-25(35)26-2/h3-7,16,19H,1,8-15H2,2H3,(H2,26,28,35). The van der Waals surface area contributed by atoms with Gasteiger partial charge in [0.05, 0.1) is 30.8 Å². The van der Waals surface area contributed by atoms with E-state index in [1.807, 2.05) is 40.0 Å². The molecule has 0 aliphatic carbocycles. The first-order valence-electron chi connectivity index (χ1n) is 12.2. The predicted octanol–water partition coefficient (Wildman–Crippen LogP) is 2.43. The molecule has 3 amide bonds. The van der Waals surface area contributed by atoms with Gasteiger partial charge in [0.15, 0.2) is 11.5 Å². The Morgan fingerprint density at radius 3 is 2.47 bits per heavy atom. The van der Waals surface area contributed by atoms with E-state index < -0.39 is 0 Å². The number of rotatable bonds is 5. The number of urea groups is 1. The van der Waals surface area contributed by atoms with Gasteiger partial charge in [-0.25, -0.2) is 19.4 Å². The van der Waals surface area contributed by atoms with Crippen LogP contribution in [0.4, 0.5) is 16.3 Å². The van der Waals surface area contributed by atoms with Crippen molar-refractivity contribution < 1.29 is 14.3 Å². The van der Waals surface area contributed by atoms with Gasteiger partial charge >= 0.3 is 6.03 Å². The molecule has 188 valence electrons. The Kier molecular flexibility index (Phi) is 6.81. The number of amides is 3. The molecule has 2 saturated heterocycles. The first-order chi connectivity index (χ1) is 17.6. The first-order valence-corrected chi connectivity index (χ1v) is 12.2. The van der Waals surface area contributed by atoms with Crippen LogP contribution in [0.3, 0.4) is 0 Å². The van der Waals surface area contributed by atoms with Crippen LogP contribution >= 0.6 is 0 Å². The minimum atomic E-state index is -0.278. The largest absolute Gasteiger partial charge is 0.378 e. The van der Waals surface area contributed by atoms with Crippen LogP contribution in [0, 0.1) is 0 Å². The van der Waals surface area contributed by atoms with Gasteiger partial charge < -0.3 is 25.2 Å². The molecule has 4 heterocycles. The minimum absolute atomic E-state index is 0.0349. The van der Waals surface area contributed by atoms with Crippen LogP contribution in [-0.2, 0) is 9.53 Å². The quantitative estimate of drug-likeness (QED) is 0.528. The number of likely N-dealkylation sites (tertiary alicyclic amines) is 1. The summed E-state index contributed by atoms with van der Waals surface area (Å²) in [6.45, 7) is 7.69. The molecule has 2 aliphatic rings. The number of aromatic nitrogens is 4. The van der Waals surface area contributed by atoms with Crippen molar-refractivity contribution in [1.82, 2.24) is 30.0 Å². The Hall–Kier alpha value is -3.99. The zero-order chi connectivity index (χ0) is 25.1. The Bertz CT molecular complexity index is 1260. The minimum Gasteiger partial charge on any atom is -0.378 e. The van der Waals surface area contributed by atoms with Crippen LogP contribution in [0.1, 0.15) is 18.9 Å². The number of morpholine rings is 1.